The number of carbonyl (C=O) groups excluding carboxylic acids is 1. The van der Waals surface area contributed by atoms with Gasteiger partial charge in [-0.05, 0) is 42.7 Å². The minimum atomic E-state index is -0.281. The molecule has 0 spiro atoms. The number of fused-ring (bicyclic) bond motifs is 1. The molecule has 0 aliphatic carbocycles. The van der Waals surface area contributed by atoms with Crippen molar-refractivity contribution in [3.05, 3.63) is 83.9 Å². The lowest BCUT2D eigenvalue weighted by Crippen LogP contribution is -2.15. The summed E-state index contributed by atoms with van der Waals surface area (Å²) in [7, 11) is 0. The second kappa shape index (κ2) is 8.29. The van der Waals surface area contributed by atoms with Gasteiger partial charge in [-0.1, -0.05) is 44.2 Å². The van der Waals surface area contributed by atoms with Crippen LogP contribution >= 0.6 is 0 Å². The van der Waals surface area contributed by atoms with Crippen molar-refractivity contribution in [2.24, 2.45) is 0 Å². The van der Waals surface area contributed by atoms with Gasteiger partial charge in [-0.15, -0.1) is 0 Å². The van der Waals surface area contributed by atoms with Gasteiger partial charge in [0, 0.05) is 23.3 Å². The molecule has 30 heavy (non-hydrogen) atoms. The second-order valence-corrected chi connectivity index (χ2v) is 7.42. The van der Waals surface area contributed by atoms with Crippen LogP contribution in [0.15, 0.2) is 66.9 Å². The van der Waals surface area contributed by atoms with Gasteiger partial charge in [-0.2, -0.15) is 0 Å². The van der Waals surface area contributed by atoms with E-state index in [1.807, 2.05) is 54.6 Å². The van der Waals surface area contributed by atoms with E-state index in [9.17, 15) is 4.79 Å². The Bertz CT molecular complexity index is 1200. The van der Waals surface area contributed by atoms with E-state index in [1.165, 1.54) is 5.56 Å². The Hall–Kier alpha value is -3.80. The molecule has 0 bridgehead atoms. The van der Waals surface area contributed by atoms with E-state index < -0.39 is 0 Å². The van der Waals surface area contributed by atoms with Crippen LogP contribution in [0.2, 0.25) is 0 Å². The molecule has 2 N–H and O–H groups in total. The number of anilines is 3. The lowest BCUT2D eigenvalue weighted by atomic mass is 10.0. The first-order valence-corrected chi connectivity index (χ1v) is 9.87. The van der Waals surface area contributed by atoms with Crippen LogP contribution in [0.1, 0.15) is 41.6 Å². The second-order valence-electron chi connectivity index (χ2n) is 7.42. The van der Waals surface area contributed by atoms with Crippen LogP contribution in [-0.2, 0) is 0 Å². The third-order valence-electron chi connectivity index (χ3n) is 4.80. The van der Waals surface area contributed by atoms with Gasteiger partial charge in [0.1, 0.15) is 17.3 Å². The Morgan fingerprint density at radius 3 is 2.50 bits per heavy atom. The zero-order valence-corrected chi connectivity index (χ0v) is 17.2. The summed E-state index contributed by atoms with van der Waals surface area (Å²) in [6.07, 6.45) is 1.75. The van der Waals surface area contributed by atoms with E-state index >= 15 is 0 Å². The van der Waals surface area contributed by atoms with Crippen molar-refractivity contribution in [3.8, 4) is 0 Å². The van der Waals surface area contributed by atoms with Crippen LogP contribution in [0.5, 0.6) is 0 Å². The summed E-state index contributed by atoms with van der Waals surface area (Å²) in [5.41, 5.74) is 3.91. The summed E-state index contributed by atoms with van der Waals surface area (Å²) < 4.78 is 0. The fourth-order valence-corrected chi connectivity index (χ4v) is 3.24. The smallest absolute Gasteiger partial charge is 0.274 e. The monoisotopic (exact) mass is 397 g/mol. The quantitative estimate of drug-likeness (QED) is 0.468. The van der Waals surface area contributed by atoms with Crippen LogP contribution in [0.3, 0.4) is 0 Å². The van der Waals surface area contributed by atoms with Gasteiger partial charge < -0.3 is 10.6 Å². The van der Waals surface area contributed by atoms with E-state index in [1.54, 1.807) is 19.2 Å². The number of pyridine rings is 1. The fourth-order valence-electron chi connectivity index (χ4n) is 3.24. The highest BCUT2D eigenvalue weighted by Gasteiger charge is 2.12. The Labute approximate surface area is 175 Å². The third-order valence-corrected chi connectivity index (χ3v) is 4.80. The molecule has 150 valence electrons. The van der Waals surface area contributed by atoms with Gasteiger partial charge in [0.15, 0.2) is 0 Å². The van der Waals surface area contributed by atoms with Crippen molar-refractivity contribution < 1.29 is 4.79 Å². The van der Waals surface area contributed by atoms with Crippen molar-refractivity contribution in [2.75, 3.05) is 10.6 Å². The van der Waals surface area contributed by atoms with Crippen LogP contribution in [0, 0.1) is 6.92 Å². The molecule has 1 amide bonds. The Morgan fingerprint density at radius 2 is 1.73 bits per heavy atom. The number of nitrogens with zero attached hydrogens (tertiary/aromatic N) is 3. The minimum Gasteiger partial charge on any atom is -0.338 e. The molecule has 4 rings (SSSR count). The average Bonchev–Trinajstić information content (AvgIpc) is 2.74. The van der Waals surface area contributed by atoms with E-state index in [0.717, 1.165) is 22.3 Å². The van der Waals surface area contributed by atoms with Gasteiger partial charge in [0.2, 0.25) is 0 Å². The topological polar surface area (TPSA) is 79.8 Å². The Kier molecular flexibility index (Phi) is 5.39. The average molecular weight is 397 g/mol. The first-order chi connectivity index (χ1) is 14.5. The number of benzene rings is 2. The number of hydrogen-bond acceptors (Lipinski definition) is 5. The van der Waals surface area contributed by atoms with Crippen molar-refractivity contribution >= 4 is 34.0 Å². The summed E-state index contributed by atoms with van der Waals surface area (Å²) >= 11 is 0. The number of carbonyl (C=O) groups is 1. The van der Waals surface area contributed by atoms with Crippen LogP contribution in [0.4, 0.5) is 17.2 Å². The van der Waals surface area contributed by atoms with Gasteiger partial charge in [-0.25, -0.2) is 9.97 Å². The molecule has 0 radical (unpaired) electrons. The predicted molar refractivity (Wildman–Crippen MR) is 120 cm³/mol. The summed E-state index contributed by atoms with van der Waals surface area (Å²) in [5, 5.41) is 7.20. The molecule has 2 aromatic carbocycles. The minimum absolute atomic E-state index is 0.281. The standard InChI is InChI=1S/C24H23N5O/c1-15(2)17-9-11-19(12-10-17)28-24(30)21-14-22(27-16(3)26-21)29-20-8-4-6-18-7-5-13-25-23(18)20/h4-15H,1-3H3,(H,28,30)(H,26,27,29). The lowest BCUT2D eigenvalue weighted by molar-refractivity contribution is 0.102. The van der Waals surface area contributed by atoms with Gasteiger partial charge in [0.05, 0.1) is 11.2 Å². The maximum atomic E-state index is 12.8. The highest BCUT2D eigenvalue weighted by atomic mass is 16.1. The molecule has 0 saturated carbocycles. The van der Waals surface area contributed by atoms with Crippen LogP contribution in [0.25, 0.3) is 10.9 Å². The number of amides is 1. The molecule has 2 heterocycles. The normalized spacial score (nSPS) is 10.9. The molecular weight excluding hydrogens is 374 g/mol. The van der Waals surface area contributed by atoms with E-state index in [2.05, 4.69) is 39.4 Å². The molecule has 6 nitrogen and oxygen atoms in total. The largest absolute Gasteiger partial charge is 0.338 e. The summed E-state index contributed by atoms with van der Waals surface area (Å²) in [6.45, 7) is 6.04. The lowest BCUT2D eigenvalue weighted by Gasteiger charge is -2.11. The molecule has 0 aliphatic rings. The third kappa shape index (κ3) is 4.27. The molecule has 2 aromatic heterocycles. The van der Waals surface area contributed by atoms with Crippen LogP contribution in [-0.4, -0.2) is 20.9 Å². The number of aromatic nitrogens is 3. The van der Waals surface area contributed by atoms with Crippen molar-refractivity contribution in [2.45, 2.75) is 26.7 Å². The van der Waals surface area contributed by atoms with Gasteiger partial charge >= 0.3 is 0 Å². The van der Waals surface area contributed by atoms with Crippen molar-refractivity contribution in [1.29, 1.82) is 0 Å². The number of hydrogen-bond donors (Lipinski definition) is 2. The predicted octanol–water partition coefficient (Wildman–Crippen LogP) is 5.45. The molecule has 0 unspecified atom stereocenters. The van der Waals surface area contributed by atoms with E-state index in [-0.39, 0.29) is 5.91 Å². The van der Waals surface area contributed by atoms with Gasteiger partial charge in [-0.3, -0.25) is 9.78 Å². The molecule has 0 saturated heterocycles. The molecule has 0 atom stereocenters. The van der Waals surface area contributed by atoms with E-state index in [0.29, 0.717) is 23.3 Å². The molecule has 0 aliphatic heterocycles. The zero-order valence-electron chi connectivity index (χ0n) is 17.2. The number of aryl methyl sites for hydroxylation is 1. The van der Waals surface area contributed by atoms with E-state index in [4.69, 9.17) is 0 Å². The summed E-state index contributed by atoms with van der Waals surface area (Å²) in [5.74, 6) is 1.21. The fraction of sp³-hybridized carbons (Fsp3) is 0.167. The number of rotatable bonds is 5. The number of para-hydroxylation sites is 1. The highest BCUT2D eigenvalue weighted by Crippen LogP contribution is 2.24. The van der Waals surface area contributed by atoms with Crippen LogP contribution < -0.4 is 10.6 Å². The molecule has 4 aromatic rings. The maximum absolute atomic E-state index is 12.8. The van der Waals surface area contributed by atoms with Crippen molar-refractivity contribution in [1.82, 2.24) is 15.0 Å². The first kappa shape index (κ1) is 19.5. The Morgan fingerprint density at radius 1 is 0.967 bits per heavy atom. The zero-order chi connectivity index (χ0) is 21.1. The van der Waals surface area contributed by atoms with Crippen molar-refractivity contribution in [3.63, 3.8) is 0 Å². The first-order valence-electron chi connectivity index (χ1n) is 9.87. The molecule has 6 heteroatoms. The summed E-state index contributed by atoms with van der Waals surface area (Å²) in [6, 6.07) is 19.3. The SMILES string of the molecule is Cc1nc(Nc2cccc3cccnc23)cc(C(=O)Nc2ccc(C(C)C)cc2)n1. The molecule has 0 fully saturated rings. The Balaban J connectivity index is 1.57. The summed E-state index contributed by atoms with van der Waals surface area (Å²) in [4.78, 5) is 25.9. The van der Waals surface area contributed by atoms with Gasteiger partial charge in [0.25, 0.3) is 5.91 Å². The number of nitrogens with one attached hydrogen (secondary N) is 2. The molecular formula is C24H23N5O. The highest BCUT2D eigenvalue weighted by molar-refractivity contribution is 6.03. The maximum Gasteiger partial charge on any atom is 0.274 e.